The van der Waals surface area contributed by atoms with E-state index >= 15 is 0 Å². The van der Waals surface area contributed by atoms with Gasteiger partial charge in [-0.3, -0.25) is 4.79 Å². The van der Waals surface area contributed by atoms with E-state index in [0.717, 1.165) is 11.3 Å². The SMILES string of the molecule is CC[C@@H](C)Oc1ccc(/C=C2/NC(=O)N(c3ccc(Cl)cc3)C2=O)cc1OC. The number of imide groups is 1. The van der Waals surface area contributed by atoms with E-state index in [1.165, 1.54) is 0 Å². The minimum atomic E-state index is -0.512. The Morgan fingerprint density at radius 1 is 1.14 bits per heavy atom. The molecule has 1 heterocycles. The number of carbonyl (C=O) groups excluding carboxylic acids is 2. The summed E-state index contributed by atoms with van der Waals surface area (Å²) in [6.07, 6.45) is 2.53. The van der Waals surface area contributed by atoms with Crippen molar-refractivity contribution in [2.45, 2.75) is 26.4 Å². The van der Waals surface area contributed by atoms with Gasteiger partial charge in [-0.2, -0.15) is 0 Å². The van der Waals surface area contributed by atoms with Gasteiger partial charge in [-0.1, -0.05) is 24.6 Å². The second-order valence-electron chi connectivity index (χ2n) is 6.35. The Morgan fingerprint density at radius 3 is 2.50 bits per heavy atom. The van der Waals surface area contributed by atoms with Crippen LogP contribution in [0.4, 0.5) is 10.5 Å². The molecule has 0 aromatic heterocycles. The van der Waals surface area contributed by atoms with Crippen LogP contribution in [0.2, 0.25) is 5.02 Å². The van der Waals surface area contributed by atoms with Gasteiger partial charge in [0.1, 0.15) is 5.70 Å². The summed E-state index contributed by atoms with van der Waals surface area (Å²) in [5.41, 5.74) is 1.33. The highest BCUT2D eigenvalue weighted by atomic mass is 35.5. The van der Waals surface area contributed by atoms with E-state index in [1.807, 2.05) is 13.8 Å². The van der Waals surface area contributed by atoms with E-state index in [-0.39, 0.29) is 11.8 Å². The van der Waals surface area contributed by atoms with Crippen molar-refractivity contribution in [2.75, 3.05) is 12.0 Å². The zero-order chi connectivity index (χ0) is 20.3. The van der Waals surface area contributed by atoms with Crippen molar-refractivity contribution in [3.8, 4) is 11.5 Å². The Kier molecular flexibility index (Phi) is 5.90. The first kappa shape index (κ1) is 19.8. The third-order valence-electron chi connectivity index (χ3n) is 4.36. The summed E-state index contributed by atoms with van der Waals surface area (Å²) in [7, 11) is 1.56. The maximum atomic E-state index is 12.7. The van der Waals surface area contributed by atoms with Crippen LogP contribution in [0.15, 0.2) is 48.2 Å². The number of anilines is 1. The lowest BCUT2D eigenvalue weighted by Crippen LogP contribution is -2.30. The zero-order valence-electron chi connectivity index (χ0n) is 15.9. The van der Waals surface area contributed by atoms with Gasteiger partial charge in [-0.05, 0) is 61.4 Å². The van der Waals surface area contributed by atoms with Gasteiger partial charge in [0.25, 0.3) is 5.91 Å². The smallest absolute Gasteiger partial charge is 0.333 e. The molecule has 2 aromatic rings. The molecule has 28 heavy (non-hydrogen) atoms. The zero-order valence-corrected chi connectivity index (χ0v) is 16.6. The Balaban J connectivity index is 1.86. The van der Waals surface area contributed by atoms with Gasteiger partial charge in [0.2, 0.25) is 0 Å². The first-order valence-electron chi connectivity index (χ1n) is 8.90. The number of benzene rings is 2. The number of ether oxygens (including phenoxy) is 2. The van der Waals surface area contributed by atoms with Gasteiger partial charge in [-0.25, -0.2) is 9.69 Å². The molecule has 1 saturated heterocycles. The maximum Gasteiger partial charge on any atom is 0.333 e. The second-order valence-corrected chi connectivity index (χ2v) is 6.79. The average molecular weight is 401 g/mol. The lowest BCUT2D eigenvalue weighted by atomic mass is 10.1. The molecule has 7 heteroatoms. The summed E-state index contributed by atoms with van der Waals surface area (Å²) in [4.78, 5) is 26.0. The van der Waals surface area contributed by atoms with Crippen molar-refractivity contribution in [3.63, 3.8) is 0 Å². The van der Waals surface area contributed by atoms with Gasteiger partial charge < -0.3 is 14.8 Å². The Morgan fingerprint density at radius 2 is 1.86 bits per heavy atom. The fourth-order valence-electron chi connectivity index (χ4n) is 2.70. The monoisotopic (exact) mass is 400 g/mol. The Bertz CT molecular complexity index is 925. The maximum absolute atomic E-state index is 12.7. The fraction of sp³-hybridized carbons (Fsp3) is 0.238. The largest absolute Gasteiger partial charge is 0.493 e. The van der Waals surface area contributed by atoms with E-state index in [0.29, 0.717) is 27.8 Å². The van der Waals surface area contributed by atoms with E-state index in [2.05, 4.69) is 5.32 Å². The predicted octanol–water partition coefficient (Wildman–Crippen LogP) is 4.62. The molecule has 0 unspecified atom stereocenters. The van der Waals surface area contributed by atoms with Crippen LogP contribution in [-0.2, 0) is 4.79 Å². The van der Waals surface area contributed by atoms with E-state index in [4.69, 9.17) is 21.1 Å². The fourth-order valence-corrected chi connectivity index (χ4v) is 2.82. The van der Waals surface area contributed by atoms with Crippen molar-refractivity contribution >= 4 is 35.3 Å². The molecular weight excluding hydrogens is 380 g/mol. The minimum Gasteiger partial charge on any atom is -0.493 e. The highest BCUT2D eigenvalue weighted by molar-refractivity contribution is 6.31. The average Bonchev–Trinajstić information content (AvgIpc) is 2.96. The molecule has 0 aliphatic carbocycles. The van der Waals surface area contributed by atoms with Crippen molar-refractivity contribution in [2.24, 2.45) is 0 Å². The highest BCUT2D eigenvalue weighted by Crippen LogP contribution is 2.31. The van der Waals surface area contributed by atoms with Gasteiger partial charge in [0.15, 0.2) is 11.5 Å². The predicted molar refractivity (Wildman–Crippen MR) is 109 cm³/mol. The highest BCUT2D eigenvalue weighted by Gasteiger charge is 2.34. The van der Waals surface area contributed by atoms with Crippen LogP contribution >= 0.6 is 11.6 Å². The number of rotatable bonds is 6. The molecule has 3 rings (SSSR count). The molecule has 0 spiro atoms. The van der Waals surface area contributed by atoms with Crippen LogP contribution in [0, 0.1) is 0 Å². The molecule has 6 nitrogen and oxygen atoms in total. The van der Waals surface area contributed by atoms with Crippen molar-refractivity contribution < 1.29 is 19.1 Å². The molecule has 1 atom stereocenters. The Hall–Kier alpha value is -2.99. The van der Waals surface area contributed by atoms with Crippen molar-refractivity contribution in [3.05, 3.63) is 58.7 Å². The number of halogens is 1. The molecule has 2 aromatic carbocycles. The lowest BCUT2D eigenvalue weighted by Gasteiger charge is -2.15. The third-order valence-corrected chi connectivity index (χ3v) is 4.62. The third kappa shape index (κ3) is 4.12. The summed E-state index contributed by atoms with van der Waals surface area (Å²) < 4.78 is 11.2. The van der Waals surface area contributed by atoms with Crippen LogP contribution in [0.25, 0.3) is 6.08 Å². The van der Waals surface area contributed by atoms with E-state index < -0.39 is 11.9 Å². The Labute approximate surface area is 168 Å². The molecule has 1 fully saturated rings. The molecule has 1 aliphatic heterocycles. The van der Waals surface area contributed by atoms with Crippen LogP contribution in [-0.4, -0.2) is 25.2 Å². The van der Waals surface area contributed by atoms with Crippen LogP contribution < -0.4 is 19.7 Å². The number of hydrogen-bond donors (Lipinski definition) is 1. The number of hydrogen-bond acceptors (Lipinski definition) is 4. The number of methoxy groups -OCH3 is 1. The number of nitrogens with zero attached hydrogens (tertiary/aromatic N) is 1. The molecular formula is C21H21ClN2O4. The summed E-state index contributed by atoms with van der Waals surface area (Å²) in [6.45, 7) is 4.02. The lowest BCUT2D eigenvalue weighted by molar-refractivity contribution is -0.113. The molecule has 0 saturated carbocycles. The summed E-state index contributed by atoms with van der Waals surface area (Å²) in [5, 5.41) is 3.13. The normalized spacial score (nSPS) is 16.3. The van der Waals surface area contributed by atoms with Crippen LogP contribution in [0.1, 0.15) is 25.8 Å². The molecule has 3 amide bonds. The van der Waals surface area contributed by atoms with Crippen LogP contribution in [0.3, 0.4) is 0 Å². The van der Waals surface area contributed by atoms with Gasteiger partial charge in [0, 0.05) is 5.02 Å². The summed E-state index contributed by atoms with van der Waals surface area (Å²) in [6, 6.07) is 11.3. The van der Waals surface area contributed by atoms with Gasteiger partial charge >= 0.3 is 6.03 Å². The topological polar surface area (TPSA) is 67.9 Å². The number of amides is 3. The second kappa shape index (κ2) is 8.35. The van der Waals surface area contributed by atoms with E-state index in [1.54, 1.807) is 55.7 Å². The minimum absolute atomic E-state index is 0.0572. The molecule has 0 radical (unpaired) electrons. The summed E-state index contributed by atoms with van der Waals surface area (Å²) in [5.74, 6) is 0.746. The number of urea groups is 1. The van der Waals surface area contributed by atoms with Crippen LogP contribution in [0.5, 0.6) is 11.5 Å². The molecule has 1 aliphatic rings. The number of nitrogens with one attached hydrogen (secondary N) is 1. The molecule has 0 bridgehead atoms. The van der Waals surface area contributed by atoms with Gasteiger partial charge in [-0.15, -0.1) is 0 Å². The summed E-state index contributed by atoms with van der Waals surface area (Å²) >= 11 is 5.87. The van der Waals surface area contributed by atoms with E-state index in [9.17, 15) is 9.59 Å². The molecule has 1 N–H and O–H groups in total. The standard InChI is InChI=1S/C21H21ClN2O4/c1-4-13(2)28-18-10-5-14(12-19(18)27-3)11-17-20(25)24(21(26)23-17)16-8-6-15(22)7-9-16/h5-13H,4H2,1-3H3,(H,23,26)/b17-11+/t13-/m1/s1. The first-order chi connectivity index (χ1) is 13.4. The number of carbonyl (C=O) groups is 2. The van der Waals surface area contributed by atoms with Crippen molar-refractivity contribution in [1.29, 1.82) is 0 Å². The van der Waals surface area contributed by atoms with Gasteiger partial charge in [0.05, 0.1) is 18.9 Å². The van der Waals surface area contributed by atoms with Crippen molar-refractivity contribution in [1.82, 2.24) is 5.32 Å². The molecule has 146 valence electrons. The quantitative estimate of drug-likeness (QED) is 0.567. The first-order valence-corrected chi connectivity index (χ1v) is 9.28.